The lowest BCUT2D eigenvalue weighted by Crippen LogP contribution is -2.49. The molecule has 9 heteroatoms. The summed E-state index contributed by atoms with van der Waals surface area (Å²) in [5.74, 6) is 0.0806. The zero-order valence-electron chi connectivity index (χ0n) is 23.0. The van der Waals surface area contributed by atoms with Crippen LogP contribution in [0.2, 0.25) is 0 Å². The summed E-state index contributed by atoms with van der Waals surface area (Å²) in [6.45, 7) is 7.85. The van der Waals surface area contributed by atoms with Gasteiger partial charge in [0, 0.05) is 53.8 Å². The molecule has 8 nitrogen and oxygen atoms in total. The molecule has 3 unspecified atom stereocenters. The highest BCUT2D eigenvalue weighted by molar-refractivity contribution is 7.23. The van der Waals surface area contributed by atoms with Gasteiger partial charge in [0.25, 0.3) is 5.91 Å². The van der Waals surface area contributed by atoms with E-state index in [1.54, 1.807) is 0 Å². The summed E-state index contributed by atoms with van der Waals surface area (Å²) in [4.78, 5) is 42.7. The average molecular weight is 542 g/mol. The van der Waals surface area contributed by atoms with Gasteiger partial charge in [0.15, 0.2) is 0 Å². The maximum absolute atomic E-state index is 13.3. The summed E-state index contributed by atoms with van der Waals surface area (Å²) in [7, 11) is 2.23. The lowest BCUT2D eigenvalue weighted by atomic mass is 9.94. The molecular formula is C29H43N5O3S. The largest absolute Gasteiger partial charge is 0.351 e. The van der Waals surface area contributed by atoms with E-state index in [2.05, 4.69) is 36.0 Å². The number of carbonyl (C=O) groups is 3. The number of nitrogens with zero attached hydrogens (tertiary/aromatic N) is 3. The number of piperidine rings is 3. The first-order valence-electron chi connectivity index (χ1n) is 14.1. The van der Waals surface area contributed by atoms with Crippen molar-refractivity contribution >= 4 is 44.6 Å². The molecule has 2 aromatic rings. The number of hydrogen-bond acceptors (Lipinski definition) is 6. The van der Waals surface area contributed by atoms with Gasteiger partial charge in [-0.3, -0.25) is 15.0 Å². The molecule has 0 bridgehead atoms. The zero-order valence-corrected chi connectivity index (χ0v) is 23.8. The monoisotopic (exact) mass is 541 g/mol. The van der Waals surface area contributed by atoms with Crippen LogP contribution in [-0.4, -0.2) is 84.3 Å². The first-order valence-corrected chi connectivity index (χ1v) is 14.9. The van der Waals surface area contributed by atoms with Gasteiger partial charge in [-0.2, -0.15) is 0 Å². The van der Waals surface area contributed by atoms with E-state index in [1.165, 1.54) is 30.6 Å². The minimum absolute atomic E-state index is 0.0611. The number of nitrogens with two attached hydrogens (primary N) is 1. The smallest absolute Gasteiger partial charge is 0.317 e. The van der Waals surface area contributed by atoms with Crippen LogP contribution in [0.15, 0.2) is 24.3 Å². The number of rotatable bonds is 4. The fraction of sp³-hybridized carbons (Fsp3) is 0.621. The van der Waals surface area contributed by atoms with Gasteiger partial charge >= 0.3 is 6.03 Å². The number of amides is 3. The van der Waals surface area contributed by atoms with E-state index in [-0.39, 0.29) is 11.8 Å². The highest BCUT2D eigenvalue weighted by Crippen LogP contribution is 2.37. The molecular weight excluding hydrogens is 498 g/mol. The highest BCUT2D eigenvalue weighted by Gasteiger charge is 2.32. The molecule has 0 saturated carbocycles. The second-order valence-electron chi connectivity index (χ2n) is 11.1. The number of benzene rings is 1. The minimum atomic E-state index is -0.667. The van der Waals surface area contributed by atoms with Gasteiger partial charge in [0.2, 0.25) is 0 Å². The zero-order chi connectivity index (χ0) is 27.2. The molecule has 0 spiro atoms. The number of primary amides is 1. The SMILES string of the molecule is CC1CCCC(C)N1C.NC(=O)Nc1sc2ccccc2c1C(=O)N1CCC(N2CCCC(C=O)C2)CC1. The Kier molecular flexibility index (Phi) is 9.79. The fourth-order valence-electron chi connectivity index (χ4n) is 6.08. The van der Waals surface area contributed by atoms with Crippen molar-refractivity contribution in [2.75, 3.05) is 38.5 Å². The van der Waals surface area contributed by atoms with Crippen molar-refractivity contribution in [3.05, 3.63) is 29.8 Å². The number of thiophene rings is 1. The predicted molar refractivity (Wildman–Crippen MR) is 155 cm³/mol. The van der Waals surface area contributed by atoms with Gasteiger partial charge in [0.1, 0.15) is 11.3 Å². The normalized spacial score (nSPS) is 25.4. The summed E-state index contributed by atoms with van der Waals surface area (Å²) in [5.41, 5.74) is 5.85. The van der Waals surface area contributed by atoms with Crippen LogP contribution in [0.25, 0.3) is 10.1 Å². The van der Waals surface area contributed by atoms with E-state index in [1.807, 2.05) is 29.2 Å². The summed E-state index contributed by atoms with van der Waals surface area (Å²) in [6.07, 6.45) is 9.13. The van der Waals surface area contributed by atoms with Crippen LogP contribution in [0.5, 0.6) is 0 Å². The lowest BCUT2D eigenvalue weighted by Gasteiger charge is -2.41. The van der Waals surface area contributed by atoms with Crippen LogP contribution in [0.3, 0.4) is 0 Å². The fourth-order valence-corrected chi connectivity index (χ4v) is 7.18. The van der Waals surface area contributed by atoms with Gasteiger partial charge in [0.05, 0.1) is 5.56 Å². The highest BCUT2D eigenvalue weighted by atomic mass is 32.1. The van der Waals surface area contributed by atoms with Gasteiger partial charge in [-0.1, -0.05) is 24.6 Å². The summed E-state index contributed by atoms with van der Waals surface area (Å²) >= 11 is 1.37. The number of fused-ring (bicyclic) bond motifs is 1. The maximum atomic E-state index is 13.3. The number of urea groups is 1. The molecule has 0 aliphatic carbocycles. The van der Waals surface area contributed by atoms with Crippen LogP contribution in [0.1, 0.15) is 69.2 Å². The Morgan fingerprint density at radius 1 is 1.00 bits per heavy atom. The number of carbonyl (C=O) groups excluding carboxylic acids is 3. The van der Waals surface area contributed by atoms with Crippen molar-refractivity contribution in [2.45, 2.75) is 76.9 Å². The topological polar surface area (TPSA) is 99.0 Å². The van der Waals surface area contributed by atoms with Crippen LogP contribution in [-0.2, 0) is 4.79 Å². The molecule has 3 aliphatic rings. The summed E-state index contributed by atoms with van der Waals surface area (Å²) in [5, 5.41) is 3.98. The number of nitrogens with one attached hydrogen (secondary N) is 1. The molecule has 0 radical (unpaired) electrons. The second-order valence-corrected chi connectivity index (χ2v) is 12.2. The van der Waals surface area contributed by atoms with Gasteiger partial charge < -0.3 is 20.3 Å². The van der Waals surface area contributed by atoms with Crippen molar-refractivity contribution in [1.82, 2.24) is 14.7 Å². The molecule has 1 aromatic heterocycles. The Morgan fingerprint density at radius 2 is 1.68 bits per heavy atom. The molecule has 208 valence electrons. The summed E-state index contributed by atoms with van der Waals surface area (Å²) in [6, 6.07) is 9.04. The van der Waals surface area contributed by atoms with E-state index in [9.17, 15) is 14.4 Å². The first kappa shape index (κ1) is 28.5. The van der Waals surface area contributed by atoms with Crippen molar-refractivity contribution < 1.29 is 14.4 Å². The van der Waals surface area contributed by atoms with E-state index >= 15 is 0 Å². The standard InChI is InChI=1S/C21H26N4O3S.C8H17N/c22-21(28)23-19-18(16-5-1-2-6-17(16)29-19)20(27)24-10-7-15(8-11-24)25-9-3-4-14(12-25)13-26;1-7-5-4-6-8(2)9(7)3/h1-2,5-6,13-15H,3-4,7-12H2,(H3,22,23,28);7-8H,4-6H2,1-3H3. The van der Waals surface area contributed by atoms with Gasteiger partial charge in [-0.15, -0.1) is 11.3 Å². The molecule has 3 N–H and O–H groups in total. The number of anilines is 1. The molecule has 3 amide bonds. The molecule has 3 fully saturated rings. The third kappa shape index (κ3) is 6.74. The number of hydrogen-bond donors (Lipinski definition) is 2. The second kappa shape index (κ2) is 13.0. The molecule has 38 heavy (non-hydrogen) atoms. The maximum Gasteiger partial charge on any atom is 0.317 e. The number of likely N-dealkylation sites (tertiary alicyclic amines) is 3. The molecule has 3 atom stereocenters. The lowest BCUT2D eigenvalue weighted by molar-refractivity contribution is -0.113. The first-order chi connectivity index (χ1) is 18.3. The van der Waals surface area contributed by atoms with Crippen LogP contribution in [0.4, 0.5) is 9.80 Å². The van der Waals surface area contributed by atoms with Crippen molar-refractivity contribution in [3.63, 3.8) is 0 Å². The Balaban J connectivity index is 0.000000317. The summed E-state index contributed by atoms with van der Waals surface area (Å²) < 4.78 is 0.947. The minimum Gasteiger partial charge on any atom is -0.351 e. The Bertz CT molecular complexity index is 1100. The third-order valence-electron chi connectivity index (χ3n) is 8.63. The van der Waals surface area contributed by atoms with E-state index in [0.717, 1.165) is 67.2 Å². The third-order valence-corrected chi connectivity index (χ3v) is 9.72. The van der Waals surface area contributed by atoms with Crippen molar-refractivity contribution in [1.29, 1.82) is 0 Å². The van der Waals surface area contributed by atoms with Crippen LogP contribution < -0.4 is 11.1 Å². The quantitative estimate of drug-likeness (QED) is 0.543. The molecule has 4 heterocycles. The van der Waals surface area contributed by atoms with Gasteiger partial charge in [-0.05, 0) is 72.0 Å². The van der Waals surface area contributed by atoms with E-state index < -0.39 is 6.03 Å². The molecule has 3 saturated heterocycles. The van der Waals surface area contributed by atoms with Crippen LogP contribution >= 0.6 is 11.3 Å². The number of aldehydes is 1. The van der Waals surface area contributed by atoms with Crippen LogP contribution in [0, 0.1) is 5.92 Å². The molecule has 3 aliphatic heterocycles. The van der Waals surface area contributed by atoms with E-state index in [0.29, 0.717) is 29.7 Å². The predicted octanol–water partition coefficient (Wildman–Crippen LogP) is 4.79. The Labute approximate surface area is 230 Å². The van der Waals surface area contributed by atoms with Gasteiger partial charge in [-0.25, -0.2) is 4.79 Å². The Hall–Kier alpha value is -2.49. The Morgan fingerprint density at radius 3 is 2.32 bits per heavy atom. The molecule has 1 aromatic carbocycles. The average Bonchev–Trinajstić information content (AvgIpc) is 3.29. The van der Waals surface area contributed by atoms with Crippen molar-refractivity contribution in [3.8, 4) is 0 Å². The van der Waals surface area contributed by atoms with E-state index in [4.69, 9.17) is 5.73 Å². The molecule has 5 rings (SSSR count). The van der Waals surface area contributed by atoms with Crippen molar-refractivity contribution in [2.24, 2.45) is 11.7 Å².